The number of carbonyl (C=O) groups excluding carboxylic acids is 1. The average Bonchev–Trinajstić information content (AvgIpc) is 2.83. The largest absolute Gasteiger partial charge is 0.496 e. The number of pyridine rings is 1. The molecule has 0 saturated heterocycles. The van der Waals surface area contributed by atoms with Crippen molar-refractivity contribution >= 4 is 5.97 Å². The van der Waals surface area contributed by atoms with E-state index in [1.165, 1.54) is 0 Å². The average molecular weight is 450 g/mol. The standard InChI is InChI=1S/C27H31NO5/c1-20-10-4-5-11-21-12-8-16-24(31-3)26(21)27(29)33-23(18-25(20)32-19-30-2)15-9-14-22-13-6-7-17-28-22/h4-8,12-13,16-17,20,23,25H,10-11,15,18-19H2,1-3H3/b5-4+/t20-,23-,25+/m0/s1. The number of rotatable bonds is 5. The highest BCUT2D eigenvalue weighted by Crippen LogP contribution is 2.28. The molecule has 2 heterocycles. The van der Waals surface area contributed by atoms with Gasteiger partial charge in [-0.25, -0.2) is 9.78 Å². The first-order chi connectivity index (χ1) is 16.1. The van der Waals surface area contributed by atoms with Crippen molar-refractivity contribution in [1.29, 1.82) is 0 Å². The molecule has 0 amide bonds. The van der Waals surface area contributed by atoms with Crippen LogP contribution in [0.2, 0.25) is 0 Å². The monoisotopic (exact) mass is 449 g/mol. The normalized spacial score (nSPS) is 21.9. The molecule has 0 saturated carbocycles. The maximum Gasteiger partial charge on any atom is 0.342 e. The third-order valence-electron chi connectivity index (χ3n) is 5.56. The summed E-state index contributed by atoms with van der Waals surface area (Å²) in [6, 6.07) is 11.2. The third-order valence-corrected chi connectivity index (χ3v) is 5.56. The van der Waals surface area contributed by atoms with Gasteiger partial charge in [0.15, 0.2) is 0 Å². The second-order valence-corrected chi connectivity index (χ2v) is 7.98. The van der Waals surface area contributed by atoms with Crippen molar-refractivity contribution in [3.05, 3.63) is 71.6 Å². The van der Waals surface area contributed by atoms with Crippen molar-refractivity contribution in [3.63, 3.8) is 0 Å². The molecule has 33 heavy (non-hydrogen) atoms. The Balaban J connectivity index is 1.91. The van der Waals surface area contributed by atoms with E-state index in [-0.39, 0.29) is 18.8 Å². The lowest BCUT2D eigenvalue weighted by Crippen LogP contribution is -2.31. The highest BCUT2D eigenvalue weighted by atomic mass is 16.7. The Kier molecular flexibility index (Phi) is 9.49. The summed E-state index contributed by atoms with van der Waals surface area (Å²) in [4.78, 5) is 17.5. The molecule has 2 aromatic rings. The molecule has 0 fully saturated rings. The zero-order valence-electron chi connectivity index (χ0n) is 19.5. The molecular formula is C27H31NO5. The van der Waals surface area contributed by atoms with Crippen molar-refractivity contribution < 1.29 is 23.7 Å². The highest BCUT2D eigenvalue weighted by Gasteiger charge is 2.27. The highest BCUT2D eigenvalue weighted by molar-refractivity contribution is 5.94. The summed E-state index contributed by atoms with van der Waals surface area (Å²) in [6.45, 7) is 2.31. The lowest BCUT2D eigenvalue weighted by atomic mass is 9.93. The minimum atomic E-state index is -0.459. The number of allylic oxidation sites excluding steroid dienone is 2. The molecular weight excluding hydrogens is 418 g/mol. The Morgan fingerprint density at radius 2 is 2.03 bits per heavy atom. The summed E-state index contributed by atoms with van der Waals surface area (Å²) in [7, 11) is 3.15. The van der Waals surface area contributed by atoms with E-state index in [4.69, 9.17) is 18.9 Å². The number of benzene rings is 1. The van der Waals surface area contributed by atoms with Gasteiger partial charge in [-0.2, -0.15) is 0 Å². The summed E-state index contributed by atoms with van der Waals surface area (Å²) in [5.74, 6) is 6.47. The second kappa shape index (κ2) is 12.8. The summed E-state index contributed by atoms with van der Waals surface area (Å²) < 4.78 is 22.6. The molecule has 174 valence electrons. The van der Waals surface area contributed by atoms with Gasteiger partial charge in [0.05, 0.1) is 13.2 Å². The van der Waals surface area contributed by atoms with Crippen LogP contribution in [0.1, 0.15) is 47.8 Å². The maximum atomic E-state index is 13.3. The number of aromatic nitrogens is 1. The molecule has 6 heteroatoms. The quantitative estimate of drug-likeness (QED) is 0.288. The number of methoxy groups -OCH3 is 2. The molecule has 6 nitrogen and oxygen atoms in total. The molecule has 1 aliphatic heterocycles. The first-order valence-electron chi connectivity index (χ1n) is 11.1. The number of cyclic esters (lactones) is 1. The van der Waals surface area contributed by atoms with E-state index < -0.39 is 12.1 Å². The van der Waals surface area contributed by atoms with Gasteiger partial charge in [0.25, 0.3) is 0 Å². The van der Waals surface area contributed by atoms with Crippen LogP contribution in [0.4, 0.5) is 0 Å². The molecule has 0 bridgehead atoms. The van der Waals surface area contributed by atoms with Crippen LogP contribution < -0.4 is 4.74 Å². The zero-order valence-corrected chi connectivity index (χ0v) is 19.5. The predicted molar refractivity (Wildman–Crippen MR) is 126 cm³/mol. The zero-order chi connectivity index (χ0) is 23.5. The Hall–Kier alpha value is -3.14. The number of fused-ring (bicyclic) bond motifs is 1. The lowest BCUT2D eigenvalue weighted by molar-refractivity contribution is -0.102. The SMILES string of the molecule is COCO[C@@H]1C[C@H](CC#Cc2ccccn2)OC(=O)c2c(cccc2OC)C/C=C/C[C@@H]1C. The smallest absolute Gasteiger partial charge is 0.342 e. The van der Waals surface area contributed by atoms with Crippen LogP contribution in [-0.2, 0) is 20.6 Å². The Morgan fingerprint density at radius 3 is 2.79 bits per heavy atom. The first-order valence-corrected chi connectivity index (χ1v) is 11.1. The van der Waals surface area contributed by atoms with Gasteiger partial charge in [-0.3, -0.25) is 0 Å². The Bertz CT molecular complexity index is 993. The van der Waals surface area contributed by atoms with E-state index in [0.29, 0.717) is 36.3 Å². The molecule has 0 radical (unpaired) electrons. The fraction of sp³-hybridized carbons (Fsp3) is 0.407. The molecule has 0 spiro atoms. The predicted octanol–water partition coefficient (Wildman–Crippen LogP) is 4.58. The van der Waals surface area contributed by atoms with E-state index >= 15 is 0 Å². The molecule has 1 aromatic heterocycles. The van der Waals surface area contributed by atoms with Gasteiger partial charge in [0.2, 0.25) is 0 Å². The molecule has 1 aliphatic rings. The number of nitrogens with zero attached hydrogens (tertiary/aromatic N) is 1. The number of carbonyl (C=O) groups is 1. The molecule has 0 unspecified atom stereocenters. The van der Waals surface area contributed by atoms with Crippen LogP contribution in [0.15, 0.2) is 54.7 Å². The van der Waals surface area contributed by atoms with Gasteiger partial charge >= 0.3 is 5.97 Å². The second-order valence-electron chi connectivity index (χ2n) is 7.98. The summed E-state index contributed by atoms with van der Waals surface area (Å²) in [6.07, 6.45) is 7.63. The minimum Gasteiger partial charge on any atom is -0.496 e. The Labute approximate surface area is 195 Å². The van der Waals surface area contributed by atoms with E-state index in [2.05, 4.69) is 35.9 Å². The minimum absolute atomic E-state index is 0.152. The number of hydrogen-bond donors (Lipinski definition) is 0. The summed E-state index contributed by atoms with van der Waals surface area (Å²) in [5, 5.41) is 0. The number of hydrogen-bond acceptors (Lipinski definition) is 6. The molecule has 3 rings (SSSR count). The topological polar surface area (TPSA) is 66.9 Å². The van der Waals surface area contributed by atoms with Crippen LogP contribution >= 0.6 is 0 Å². The van der Waals surface area contributed by atoms with Crippen LogP contribution in [0.3, 0.4) is 0 Å². The van der Waals surface area contributed by atoms with Crippen LogP contribution in [0.25, 0.3) is 0 Å². The van der Waals surface area contributed by atoms with Crippen molar-refractivity contribution in [2.75, 3.05) is 21.0 Å². The van der Waals surface area contributed by atoms with Gasteiger partial charge < -0.3 is 18.9 Å². The number of ether oxygens (including phenoxy) is 4. The van der Waals surface area contributed by atoms with Gasteiger partial charge in [-0.05, 0) is 48.4 Å². The van der Waals surface area contributed by atoms with Gasteiger partial charge in [-0.15, -0.1) is 0 Å². The van der Waals surface area contributed by atoms with Crippen LogP contribution in [0, 0.1) is 17.8 Å². The van der Waals surface area contributed by atoms with Gasteiger partial charge in [0.1, 0.15) is 29.9 Å². The molecule has 1 aromatic carbocycles. The number of esters is 1. The summed E-state index contributed by atoms with van der Waals surface area (Å²) >= 11 is 0. The van der Waals surface area contributed by atoms with Crippen LogP contribution in [-0.4, -0.2) is 44.2 Å². The van der Waals surface area contributed by atoms with Crippen molar-refractivity contribution in [2.45, 2.75) is 44.8 Å². The van der Waals surface area contributed by atoms with E-state index in [9.17, 15) is 4.79 Å². The molecule has 0 N–H and O–H groups in total. The van der Waals surface area contributed by atoms with Crippen LogP contribution in [0.5, 0.6) is 5.75 Å². The Morgan fingerprint density at radius 1 is 1.15 bits per heavy atom. The molecule has 0 aliphatic carbocycles. The fourth-order valence-corrected chi connectivity index (χ4v) is 3.78. The molecule has 3 atom stereocenters. The van der Waals surface area contributed by atoms with Gasteiger partial charge in [0, 0.05) is 26.1 Å². The van der Waals surface area contributed by atoms with Crippen molar-refractivity contribution in [3.8, 4) is 17.6 Å². The van der Waals surface area contributed by atoms with Crippen molar-refractivity contribution in [2.24, 2.45) is 5.92 Å². The van der Waals surface area contributed by atoms with Crippen molar-refractivity contribution in [1.82, 2.24) is 4.98 Å². The van der Waals surface area contributed by atoms with E-state index in [1.807, 2.05) is 30.3 Å². The van der Waals surface area contributed by atoms with Gasteiger partial charge in [-0.1, -0.05) is 43.2 Å². The first kappa shape index (κ1) is 24.5. The lowest BCUT2D eigenvalue weighted by Gasteiger charge is -2.27. The third kappa shape index (κ3) is 7.18. The summed E-state index contributed by atoms with van der Waals surface area (Å²) in [5.41, 5.74) is 2.00. The van der Waals surface area contributed by atoms with E-state index in [1.54, 1.807) is 26.5 Å². The fourth-order valence-electron chi connectivity index (χ4n) is 3.78. The maximum absolute atomic E-state index is 13.3. The van der Waals surface area contributed by atoms with E-state index in [0.717, 1.165) is 12.0 Å².